The Morgan fingerprint density at radius 3 is 2.59 bits per heavy atom. The van der Waals surface area contributed by atoms with E-state index in [0.29, 0.717) is 12.0 Å². The molecule has 4 aliphatic rings. The summed E-state index contributed by atoms with van der Waals surface area (Å²) in [6.45, 7) is 3.36. The fourth-order valence-electron chi connectivity index (χ4n) is 7.40. The lowest BCUT2D eigenvalue weighted by Crippen LogP contribution is -2.60. The second kappa shape index (κ2) is 7.84. The number of allylic oxidation sites excluding steroid dienone is 4. The van der Waals surface area contributed by atoms with Crippen LogP contribution in [-0.4, -0.2) is 40.6 Å². The number of benzene rings is 1. The third kappa shape index (κ3) is 3.18. The van der Waals surface area contributed by atoms with E-state index in [2.05, 4.69) is 0 Å². The summed E-state index contributed by atoms with van der Waals surface area (Å²) in [5, 5.41) is 11.7. The first kappa shape index (κ1) is 22.9. The van der Waals surface area contributed by atoms with Gasteiger partial charge in [0.2, 0.25) is 5.78 Å². The van der Waals surface area contributed by atoms with E-state index < -0.39 is 34.8 Å². The number of Topliss-reactive ketones (excluding diaryl/α,β-unsaturated/α-hetero) is 2. The van der Waals surface area contributed by atoms with E-state index in [1.807, 2.05) is 19.9 Å². The van der Waals surface area contributed by atoms with Gasteiger partial charge in [-0.15, -0.1) is 0 Å². The van der Waals surface area contributed by atoms with Crippen LogP contribution in [0.1, 0.15) is 56.3 Å². The van der Waals surface area contributed by atoms with Gasteiger partial charge in [-0.1, -0.05) is 43.7 Å². The molecule has 3 saturated carbocycles. The Hall–Kier alpha value is -2.86. The molecule has 178 valence electrons. The summed E-state index contributed by atoms with van der Waals surface area (Å²) >= 11 is 0. The number of carbonyl (C=O) groups excluding carboxylic acids is 4. The number of hydrogen-bond acceptors (Lipinski definition) is 6. The third-order valence-corrected chi connectivity index (χ3v) is 9.21. The summed E-state index contributed by atoms with van der Waals surface area (Å²) in [7, 11) is 0. The van der Waals surface area contributed by atoms with Crippen molar-refractivity contribution in [3.63, 3.8) is 0 Å². The molecule has 1 aromatic carbocycles. The SMILES string of the molecule is C[C@]12C=CC(=O)C=C1CCC1C2C(=O)C[C@@]2(C)C1CC[C@]2(O)C(=O)COC(=O)c1ccccc1. The molecule has 0 aliphatic heterocycles. The maximum absolute atomic E-state index is 13.6. The van der Waals surface area contributed by atoms with Crippen molar-refractivity contribution < 1.29 is 29.0 Å². The predicted molar refractivity (Wildman–Crippen MR) is 124 cm³/mol. The summed E-state index contributed by atoms with van der Waals surface area (Å²) in [6.07, 6.45) is 7.59. The molecule has 6 nitrogen and oxygen atoms in total. The molecule has 1 aromatic rings. The van der Waals surface area contributed by atoms with Crippen LogP contribution < -0.4 is 0 Å². The van der Waals surface area contributed by atoms with E-state index in [9.17, 15) is 24.3 Å². The van der Waals surface area contributed by atoms with Gasteiger partial charge in [-0.2, -0.15) is 0 Å². The highest BCUT2D eigenvalue weighted by Gasteiger charge is 2.68. The Morgan fingerprint density at radius 2 is 1.85 bits per heavy atom. The number of esters is 1. The average Bonchev–Trinajstić information content (AvgIpc) is 3.09. The third-order valence-electron chi connectivity index (χ3n) is 9.21. The van der Waals surface area contributed by atoms with Crippen molar-refractivity contribution in [2.45, 2.75) is 51.6 Å². The Kier molecular flexibility index (Phi) is 5.28. The molecular formula is C28H30O6. The number of hydrogen-bond donors (Lipinski definition) is 1. The minimum absolute atomic E-state index is 0.00150. The molecule has 0 spiro atoms. The van der Waals surface area contributed by atoms with Gasteiger partial charge in [-0.05, 0) is 61.8 Å². The first-order valence-electron chi connectivity index (χ1n) is 12.0. The lowest BCUT2D eigenvalue weighted by molar-refractivity contribution is -0.169. The van der Waals surface area contributed by atoms with Gasteiger partial charge in [0.15, 0.2) is 12.4 Å². The maximum atomic E-state index is 13.6. The van der Waals surface area contributed by atoms with Crippen molar-refractivity contribution in [1.82, 2.24) is 0 Å². The topological polar surface area (TPSA) is 97.7 Å². The van der Waals surface area contributed by atoms with Gasteiger partial charge < -0.3 is 9.84 Å². The van der Waals surface area contributed by atoms with E-state index in [4.69, 9.17) is 4.74 Å². The maximum Gasteiger partial charge on any atom is 0.338 e. The molecule has 0 heterocycles. The Balaban J connectivity index is 1.38. The number of fused-ring (bicyclic) bond motifs is 5. The fourth-order valence-corrected chi connectivity index (χ4v) is 7.40. The highest BCUT2D eigenvalue weighted by molar-refractivity contribution is 6.02. The largest absolute Gasteiger partial charge is 0.454 e. The zero-order valence-corrected chi connectivity index (χ0v) is 19.6. The van der Waals surface area contributed by atoms with Gasteiger partial charge in [0.05, 0.1) is 5.56 Å². The quantitative estimate of drug-likeness (QED) is 0.687. The van der Waals surface area contributed by atoms with Crippen LogP contribution in [0.4, 0.5) is 0 Å². The first-order chi connectivity index (χ1) is 16.1. The summed E-state index contributed by atoms with van der Waals surface area (Å²) in [5.41, 5.74) is -1.77. The highest BCUT2D eigenvalue weighted by Crippen LogP contribution is 2.66. The molecule has 34 heavy (non-hydrogen) atoms. The Labute approximate surface area is 199 Å². The van der Waals surface area contributed by atoms with Crippen molar-refractivity contribution in [2.24, 2.45) is 28.6 Å². The number of ketones is 3. The number of aliphatic hydroxyl groups is 1. The zero-order valence-electron chi connectivity index (χ0n) is 19.6. The molecule has 6 atom stereocenters. The van der Waals surface area contributed by atoms with Crippen LogP contribution in [-0.2, 0) is 19.1 Å². The molecule has 5 rings (SSSR count). The van der Waals surface area contributed by atoms with Crippen molar-refractivity contribution >= 4 is 23.3 Å². The van der Waals surface area contributed by atoms with Gasteiger partial charge in [-0.25, -0.2) is 4.79 Å². The van der Waals surface area contributed by atoms with E-state index in [1.54, 1.807) is 42.5 Å². The Morgan fingerprint density at radius 1 is 1.12 bits per heavy atom. The molecule has 0 aromatic heterocycles. The summed E-state index contributed by atoms with van der Waals surface area (Å²) in [4.78, 5) is 51.1. The smallest absolute Gasteiger partial charge is 0.338 e. The summed E-state index contributed by atoms with van der Waals surface area (Å²) < 4.78 is 5.24. The predicted octanol–water partition coefficient (Wildman–Crippen LogP) is 3.63. The van der Waals surface area contributed by atoms with E-state index in [1.165, 1.54) is 0 Å². The minimum Gasteiger partial charge on any atom is -0.454 e. The van der Waals surface area contributed by atoms with Crippen molar-refractivity contribution in [3.8, 4) is 0 Å². The number of ether oxygens (including phenoxy) is 1. The van der Waals surface area contributed by atoms with Crippen molar-refractivity contribution in [1.29, 1.82) is 0 Å². The van der Waals surface area contributed by atoms with Gasteiger partial charge in [0, 0.05) is 23.2 Å². The number of carbonyl (C=O) groups is 4. The molecule has 0 amide bonds. The van der Waals surface area contributed by atoms with E-state index in [0.717, 1.165) is 18.4 Å². The van der Waals surface area contributed by atoms with Crippen LogP contribution in [0.2, 0.25) is 0 Å². The minimum atomic E-state index is -1.72. The van der Waals surface area contributed by atoms with Gasteiger partial charge in [0.25, 0.3) is 0 Å². The van der Waals surface area contributed by atoms with Crippen LogP contribution in [0.3, 0.4) is 0 Å². The molecule has 3 fully saturated rings. The molecule has 4 aliphatic carbocycles. The molecule has 0 bridgehead atoms. The molecule has 3 unspecified atom stereocenters. The fraction of sp³-hybridized carbons (Fsp3) is 0.500. The average molecular weight is 463 g/mol. The normalized spacial score (nSPS) is 38.4. The highest BCUT2D eigenvalue weighted by atomic mass is 16.5. The molecule has 6 heteroatoms. The standard InChI is InChI=1S/C28H30O6/c1-26-12-10-19(29)14-18(26)8-9-20-21-11-13-28(33,27(21,2)15-22(30)24(20)26)23(31)16-34-25(32)17-6-4-3-5-7-17/h3-7,10,12,14,20-21,24,33H,8-9,11,13,15-16H2,1-2H3/t20?,21?,24?,26-,27-,28-/m0/s1. The second-order valence-electron chi connectivity index (χ2n) is 10.8. The molecule has 1 N–H and O–H groups in total. The molecule has 0 saturated heterocycles. The number of rotatable bonds is 4. The van der Waals surface area contributed by atoms with Crippen LogP contribution >= 0.6 is 0 Å². The van der Waals surface area contributed by atoms with Crippen molar-refractivity contribution in [3.05, 3.63) is 59.7 Å². The molecular weight excluding hydrogens is 432 g/mol. The Bertz CT molecular complexity index is 1130. The lowest BCUT2D eigenvalue weighted by Gasteiger charge is -2.56. The summed E-state index contributed by atoms with van der Waals surface area (Å²) in [6, 6.07) is 8.41. The van der Waals surface area contributed by atoms with Gasteiger partial charge >= 0.3 is 5.97 Å². The lowest BCUT2D eigenvalue weighted by atomic mass is 9.46. The van der Waals surface area contributed by atoms with Gasteiger partial charge in [0.1, 0.15) is 11.4 Å². The zero-order chi connectivity index (χ0) is 24.3. The van der Waals surface area contributed by atoms with Crippen LogP contribution in [0.15, 0.2) is 54.1 Å². The summed E-state index contributed by atoms with van der Waals surface area (Å²) in [5.74, 6) is -1.40. The second-order valence-corrected chi connectivity index (χ2v) is 10.8. The van der Waals surface area contributed by atoms with Crippen LogP contribution in [0.25, 0.3) is 0 Å². The first-order valence-corrected chi connectivity index (χ1v) is 12.0. The van der Waals surface area contributed by atoms with E-state index >= 15 is 0 Å². The van der Waals surface area contributed by atoms with Gasteiger partial charge in [-0.3, -0.25) is 14.4 Å². The van der Waals surface area contributed by atoms with Crippen LogP contribution in [0, 0.1) is 28.6 Å². The molecule has 0 radical (unpaired) electrons. The van der Waals surface area contributed by atoms with Crippen LogP contribution in [0.5, 0.6) is 0 Å². The monoisotopic (exact) mass is 462 g/mol. The van der Waals surface area contributed by atoms with Crippen molar-refractivity contribution in [2.75, 3.05) is 6.61 Å². The van der Waals surface area contributed by atoms with E-state index in [-0.39, 0.29) is 42.2 Å².